The van der Waals surface area contributed by atoms with Crippen LogP contribution in [0.3, 0.4) is 0 Å². The van der Waals surface area contributed by atoms with Gasteiger partial charge in [-0.05, 0) is 48.7 Å². The van der Waals surface area contributed by atoms with E-state index < -0.39 is 0 Å². The van der Waals surface area contributed by atoms with Crippen molar-refractivity contribution >= 4 is 28.8 Å². The lowest BCUT2D eigenvalue weighted by atomic mass is 10.1. The van der Waals surface area contributed by atoms with E-state index >= 15 is 0 Å². The van der Waals surface area contributed by atoms with Gasteiger partial charge in [-0.3, -0.25) is 0 Å². The molecule has 0 bridgehead atoms. The molecule has 0 N–H and O–H groups in total. The molecule has 0 fully saturated rings. The molecule has 3 aromatic rings. The van der Waals surface area contributed by atoms with E-state index in [0.29, 0.717) is 5.92 Å². The van der Waals surface area contributed by atoms with E-state index in [-0.39, 0.29) is 0 Å². The summed E-state index contributed by atoms with van der Waals surface area (Å²) in [6.07, 6.45) is 1.17. The van der Waals surface area contributed by atoms with Gasteiger partial charge in [-0.1, -0.05) is 61.2 Å². The molecular formula is C24H26N2S. The quantitative estimate of drug-likeness (QED) is 0.489. The van der Waals surface area contributed by atoms with Crippen LogP contribution in [-0.2, 0) is 0 Å². The van der Waals surface area contributed by atoms with Crippen molar-refractivity contribution in [1.82, 2.24) is 0 Å². The number of hydrogen-bond donors (Lipinski definition) is 0. The second-order valence-electron chi connectivity index (χ2n) is 7.30. The van der Waals surface area contributed by atoms with Crippen LogP contribution in [0.2, 0.25) is 0 Å². The first-order chi connectivity index (χ1) is 13.2. The van der Waals surface area contributed by atoms with Gasteiger partial charge in [0.1, 0.15) is 0 Å². The zero-order valence-electron chi connectivity index (χ0n) is 16.0. The van der Waals surface area contributed by atoms with Gasteiger partial charge < -0.3 is 9.80 Å². The second-order valence-corrected chi connectivity index (χ2v) is 8.38. The van der Waals surface area contributed by atoms with Crippen LogP contribution in [0.1, 0.15) is 13.3 Å². The molecule has 138 valence electrons. The molecule has 0 aromatic heterocycles. The number of rotatable bonds is 6. The van der Waals surface area contributed by atoms with Gasteiger partial charge in [-0.25, -0.2) is 0 Å². The lowest BCUT2D eigenvalue weighted by Crippen LogP contribution is -2.28. The second kappa shape index (κ2) is 8.10. The summed E-state index contributed by atoms with van der Waals surface area (Å²) >= 11 is 1.88. The minimum atomic E-state index is 0.598. The normalized spacial score (nSPS) is 13.6. The van der Waals surface area contributed by atoms with E-state index in [9.17, 15) is 0 Å². The molecule has 1 aliphatic heterocycles. The van der Waals surface area contributed by atoms with E-state index in [4.69, 9.17) is 0 Å². The zero-order chi connectivity index (χ0) is 18.6. The van der Waals surface area contributed by atoms with E-state index in [0.717, 1.165) is 13.1 Å². The highest BCUT2D eigenvalue weighted by Gasteiger charge is 2.24. The van der Waals surface area contributed by atoms with Crippen LogP contribution in [0.15, 0.2) is 88.7 Å². The van der Waals surface area contributed by atoms with Crippen molar-refractivity contribution in [3.63, 3.8) is 0 Å². The minimum absolute atomic E-state index is 0.598. The molecule has 3 aromatic carbocycles. The van der Waals surface area contributed by atoms with Crippen molar-refractivity contribution in [2.45, 2.75) is 23.1 Å². The van der Waals surface area contributed by atoms with Gasteiger partial charge in [0.25, 0.3) is 0 Å². The molecule has 0 spiro atoms. The maximum Gasteiger partial charge on any atom is 0.0552 e. The molecule has 1 unspecified atom stereocenters. The first-order valence-corrected chi connectivity index (χ1v) is 10.4. The molecule has 1 heterocycles. The molecule has 0 saturated carbocycles. The topological polar surface area (TPSA) is 6.48 Å². The average molecular weight is 375 g/mol. The van der Waals surface area contributed by atoms with Crippen LogP contribution in [0.25, 0.3) is 0 Å². The van der Waals surface area contributed by atoms with Crippen LogP contribution in [0.5, 0.6) is 0 Å². The van der Waals surface area contributed by atoms with E-state index in [1.165, 1.54) is 33.3 Å². The number of para-hydroxylation sites is 3. The third-order valence-electron chi connectivity index (χ3n) is 5.18. The summed E-state index contributed by atoms with van der Waals surface area (Å²) in [6, 6.07) is 28.2. The Morgan fingerprint density at radius 3 is 2.00 bits per heavy atom. The zero-order valence-corrected chi connectivity index (χ0v) is 16.8. The van der Waals surface area contributed by atoms with Crippen molar-refractivity contribution in [3.05, 3.63) is 78.9 Å². The van der Waals surface area contributed by atoms with Gasteiger partial charge >= 0.3 is 0 Å². The largest absolute Gasteiger partial charge is 0.375 e. The molecular weight excluding hydrogens is 348 g/mol. The number of nitrogens with zero attached hydrogens (tertiary/aromatic N) is 2. The summed E-state index contributed by atoms with van der Waals surface area (Å²) in [4.78, 5) is 7.56. The van der Waals surface area contributed by atoms with Crippen LogP contribution in [0.4, 0.5) is 17.1 Å². The highest BCUT2D eigenvalue weighted by Crippen LogP contribution is 2.48. The Labute approximate surface area is 166 Å². The Balaban J connectivity index is 1.47. The minimum Gasteiger partial charge on any atom is -0.375 e. The monoisotopic (exact) mass is 374 g/mol. The van der Waals surface area contributed by atoms with Crippen LogP contribution >= 0.6 is 11.8 Å². The van der Waals surface area contributed by atoms with Crippen LogP contribution in [-0.4, -0.2) is 20.1 Å². The SMILES string of the molecule is CC(CCN(C)c1ccccc1)CN1c2ccccc2Sc2ccccc21. The van der Waals surface area contributed by atoms with Crippen molar-refractivity contribution in [2.75, 3.05) is 29.9 Å². The number of fused-ring (bicyclic) bond motifs is 2. The third-order valence-corrected chi connectivity index (χ3v) is 6.31. The molecule has 3 heteroatoms. The highest BCUT2D eigenvalue weighted by atomic mass is 32.2. The van der Waals surface area contributed by atoms with Crippen LogP contribution in [0, 0.1) is 5.92 Å². The Morgan fingerprint density at radius 1 is 0.815 bits per heavy atom. The summed E-state index contributed by atoms with van der Waals surface area (Å²) in [7, 11) is 2.18. The van der Waals surface area contributed by atoms with E-state index in [1.807, 2.05) is 11.8 Å². The molecule has 1 atom stereocenters. The summed E-state index contributed by atoms with van der Waals surface area (Å²) in [5, 5.41) is 0. The van der Waals surface area contributed by atoms with Crippen molar-refractivity contribution in [3.8, 4) is 0 Å². The van der Waals surface area contributed by atoms with Crippen molar-refractivity contribution in [2.24, 2.45) is 5.92 Å². The molecule has 4 rings (SSSR count). The molecule has 0 radical (unpaired) electrons. The number of benzene rings is 3. The maximum atomic E-state index is 2.51. The van der Waals surface area contributed by atoms with Crippen molar-refractivity contribution in [1.29, 1.82) is 0 Å². The summed E-state index contributed by atoms with van der Waals surface area (Å²) < 4.78 is 0. The predicted octanol–water partition coefficient (Wildman–Crippen LogP) is 6.45. The number of anilines is 3. The number of hydrogen-bond acceptors (Lipinski definition) is 3. The van der Waals surface area contributed by atoms with Gasteiger partial charge in [-0.15, -0.1) is 0 Å². The summed E-state index contributed by atoms with van der Waals surface area (Å²) in [5.41, 5.74) is 3.96. The maximum absolute atomic E-state index is 2.51. The summed E-state index contributed by atoms with van der Waals surface area (Å²) in [5.74, 6) is 0.598. The van der Waals surface area contributed by atoms with Crippen molar-refractivity contribution < 1.29 is 0 Å². The molecule has 27 heavy (non-hydrogen) atoms. The molecule has 0 amide bonds. The van der Waals surface area contributed by atoms with Gasteiger partial charge in [0, 0.05) is 35.6 Å². The Hall–Kier alpha value is -2.39. The smallest absolute Gasteiger partial charge is 0.0552 e. The van der Waals surface area contributed by atoms with Gasteiger partial charge in [0.2, 0.25) is 0 Å². The Bertz CT molecular complexity index is 848. The standard InChI is InChI=1S/C24H26N2S/c1-19(16-17-25(2)20-10-4-3-5-11-20)18-26-21-12-6-8-14-23(21)27-24-15-9-7-13-22(24)26/h3-15,19H,16-18H2,1-2H3. The fourth-order valence-electron chi connectivity index (χ4n) is 3.61. The predicted molar refractivity (Wildman–Crippen MR) is 118 cm³/mol. The van der Waals surface area contributed by atoms with E-state index in [2.05, 4.69) is 103 Å². The molecule has 1 aliphatic rings. The highest BCUT2D eigenvalue weighted by molar-refractivity contribution is 7.99. The molecule has 0 saturated heterocycles. The molecule has 0 aliphatic carbocycles. The first-order valence-electron chi connectivity index (χ1n) is 9.62. The Kier molecular flexibility index (Phi) is 5.40. The first kappa shape index (κ1) is 18.0. The van der Waals surface area contributed by atoms with Gasteiger partial charge in [0.15, 0.2) is 0 Å². The fraction of sp³-hybridized carbons (Fsp3) is 0.250. The summed E-state index contributed by atoms with van der Waals surface area (Å²) in [6.45, 7) is 4.47. The fourth-order valence-corrected chi connectivity index (χ4v) is 4.70. The third kappa shape index (κ3) is 3.98. The van der Waals surface area contributed by atoms with Crippen LogP contribution < -0.4 is 9.80 Å². The van der Waals surface area contributed by atoms with E-state index in [1.54, 1.807) is 0 Å². The average Bonchev–Trinajstić information content (AvgIpc) is 2.72. The van der Waals surface area contributed by atoms with Gasteiger partial charge in [-0.2, -0.15) is 0 Å². The lowest BCUT2D eigenvalue weighted by molar-refractivity contribution is 0.537. The molecule has 2 nitrogen and oxygen atoms in total. The lowest BCUT2D eigenvalue weighted by Gasteiger charge is -2.35. The van der Waals surface area contributed by atoms with Gasteiger partial charge in [0.05, 0.1) is 11.4 Å². The Morgan fingerprint density at radius 2 is 1.37 bits per heavy atom.